The molecule has 0 aromatic carbocycles. The molecule has 0 radical (unpaired) electrons. The molecule has 186 valence electrons. The molecule has 0 aliphatic rings. The number of carboxylic acid groups (broad SMARTS) is 1. The van der Waals surface area contributed by atoms with Crippen molar-refractivity contribution < 1.29 is 23.8 Å². The second kappa shape index (κ2) is 11.2. The fourth-order valence-electron chi connectivity index (χ4n) is 3.17. The second-order valence-corrected chi connectivity index (χ2v) is 7.50. The van der Waals surface area contributed by atoms with Crippen molar-refractivity contribution in [2.75, 3.05) is 23.8 Å². The van der Waals surface area contributed by atoms with Gasteiger partial charge in [0.2, 0.25) is 0 Å². The molecule has 0 spiro atoms. The first kappa shape index (κ1) is 25.3. The first-order valence-corrected chi connectivity index (χ1v) is 10.6. The van der Waals surface area contributed by atoms with Gasteiger partial charge in [0, 0.05) is 6.61 Å². The summed E-state index contributed by atoms with van der Waals surface area (Å²) in [6, 6.07) is 1.31. The molecule has 2 amide bonds. The number of amides is 2. The Morgan fingerprint density at radius 1 is 1.26 bits per heavy atom. The molecule has 0 saturated heterocycles. The van der Waals surface area contributed by atoms with Crippen LogP contribution in [0.2, 0.25) is 0 Å². The van der Waals surface area contributed by atoms with Crippen LogP contribution in [0.25, 0.3) is 5.69 Å². The van der Waals surface area contributed by atoms with Crippen LogP contribution in [0.3, 0.4) is 0 Å². The number of nitrogens with zero attached hydrogens (tertiary/aromatic N) is 5. The van der Waals surface area contributed by atoms with Crippen molar-refractivity contribution in [3.63, 3.8) is 0 Å². The highest BCUT2D eigenvalue weighted by molar-refractivity contribution is 5.98. The van der Waals surface area contributed by atoms with Crippen LogP contribution in [0.5, 0.6) is 0 Å². The first-order valence-electron chi connectivity index (χ1n) is 10.6. The summed E-state index contributed by atoms with van der Waals surface area (Å²) in [7, 11) is 0. The predicted octanol–water partition coefficient (Wildman–Crippen LogP) is 1.82. The summed E-state index contributed by atoms with van der Waals surface area (Å²) in [4.78, 5) is 33.0. The van der Waals surface area contributed by atoms with Crippen molar-refractivity contribution in [3.05, 3.63) is 47.8 Å². The molecule has 2 atom stereocenters. The number of nitrogens with one attached hydrogen (secondary N) is 3. The van der Waals surface area contributed by atoms with E-state index in [0.717, 1.165) is 6.07 Å². The van der Waals surface area contributed by atoms with Gasteiger partial charge in [-0.15, -0.1) is 4.80 Å². The zero-order valence-corrected chi connectivity index (χ0v) is 19.3. The Hall–Kier alpha value is -4.33. The average Bonchev–Trinajstić information content (AvgIpc) is 3.33. The first-order chi connectivity index (χ1) is 16.7. The van der Waals surface area contributed by atoms with E-state index in [1.54, 1.807) is 26.8 Å². The fraction of sp³-hybridized carbons (Fsp3) is 0.333. The van der Waals surface area contributed by atoms with E-state index in [1.807, 2.05) is 0 Å². The number of pyridine rings is 2. The molecule has 13 nitrogen and oxygen atoms in total. The Labute approximate surface area is 199 Å². The predicted molar refractivity (Wildman–Crippen MR) is 124 cm³/mol. The van der Waals surface area contributed by atoms with Gasteiger partial charge < -0.3 is 31.5 Å². The van der Waals surface area contributed by atoms with Crippen LogP contribution in [0.15, 0.2) is 30.7 Å². The van der Waals surface area contributed by atoms with Crippen molar-refractivity contribution in [2.45, 2.75) is 32.9 Å². The molecule has 3 aromatic rings. The van der Waals surface area contributed by atoms with E-state index < -0.39 is 29.9 Å². The zero-order valence-electron chi connectivity index (χ0n) is 19.3. The van der Waals surface area contributed by atoms with Gasteiger partial charge in [-0.3, -0.25) is 9.78 Å². The molecule has 0 aliphatic heterocycles. The normalized spacial score (nSPS) is 12.6. The summed E-state index contributed by atoms with van der Waals surface area (Å²) in [5, 5.41) is 25.3. The third-order valence-electron chi connectivity index (χ3n) is 4.98. The number of anilines is 3. The van der Waals surface area contributed by atoms with Gasteiger partial charge in [0.05, 0.1) is 54.2 Å². The van der Waals surface area contributed by atoms with Crippen LogP contribution in [0.4, 0.5) is 26.5 Å². The summed E-state index contributed by atoms with van der Waals surface area (Å²) in [5.41, 5.74) is 6.90. The zero-order chi connectivity index (χ0) is 25.5. The Kier molecular flexibility index (Phi) is 8.09. The maximum absolute atomic E-state index is 14.9. The third-order valence-corrected chi connectivity index (χ3v) is 4.98. The van der Waals surface area contributed by atoms with Crippen LogP contribution in [-0.4, -0.2) is 67.4 Å². The molecule has 0 aliphatic carbocycles. The van der Waals surface area contributed by atoms with E-state index in [4.69, 9.17) is 15.6 Å². The van der Waals surface area contributed by atoms with Crippen molar-refractivity contribution in [3.8, 4) is 5.69 Å². The lowest BCUT2D eigenvalue weighted by Crippen LogP contribution is -2.47. The van der Waals surface area contributed by atoms with E-state index in [0.29, 0.717) is 23.7 Å². The number of aromatic nitrogens is 5. The summed E-state index contributed by atoms with van der Waals surface area (Å²) in [6.45, 7) is 5.59. The van der Waals surface area contributed by atoms with Crippen LogP contribution < -0.4 is 21.7 Å². The van der Waals surface area contributed by atoms with E-state index in [2.05, 4.69) is 36.1 Å². The third kappa shape index (κ3) is 6.38. The SMILES string of the molecule is CCOC[C@@H](Nc1nc(Nc2cnc(C)c(-n3nccn3)c2)c(C(N)=O)cc1F)[C@H](C)NC(=O)O. The highest BCUT2D eigenvalue weighted by Crippen LogP contribution is 2.25. The number of carbonyl (C=O) groups is 2. The molecule has 3 aromatic heterocycles. The molecule has 0 fully saturated rings. The molecular weight excluding hydrogens is 461 g/mol. The van der Waals surface area contributed by atoms with Crippen LogP contribution in [0.1, 0.15) is 29.9 Å². The molecule has 35 heavy (non-hydrogen) atoms. The number of hydrogen-bond donors (Lipinski definition) is 5. The number of hydrogen-bond acceptors (Lipinski definition) is 9. The number of primary amides is 1. The van der Waals surface area contributed by atoms with Crippen LogP contribution in [-0.2, 0) is 4.74 Å². The highest BCUT2D eigenvalue weighted by atomic mass is 19.1. The highest BCUT2D eigenvalue weighted by Gasteiger charge is 2.23. The quantitative estimate of drug-likeness (QED) is 0.267. The lowest BCUT2D eigenvalue weighted by Gasteiger charge is -2.26. The van der Waals surface area contributed by atoms with Gasteiger partial charge in [0.1, 0.15) is 11.5 Å². The number of nitrogens with two attached hydrogens (primary N) is 1. The maximum atomic E-state index is 14.9. The number of halogens is 1. The molecule has 0 saturated carbocycles. The maximum Gasteiger partial charge on any atom is 0.404 e. The van der Waals surface area contributed by atoms with Gasteiger partial charge in [0.15, 0.2) is 11.6 Å². The van der Waals surface area contributed by atoms with Crippen LogP contribution in [0, 0.1) is 12.7 Å². The number of carbonyl (C=O) groups excluding carboxylic acids is 1. The molecule has 14 heteroatoms. The van der Waals surface area contributed by atoms with E-state index in [1.165, 1.54) is 23.4 Å². The molecular formula is C21H26FN9O4. The van der Waals surface area contributed by atoms with Crippen molar-refractivity contribution in [2.24, 2.45) is 5.73 Å². The molecule has 3 heterocycles. The van der Waals surface area contributed by atoms with Crippen molar-refractivity contribution >= 4 is 29.3 Å². The van der Waals surface area contributed by atoms with Gasteiger partial charge in [0.25, 0.3) is 5.91 Å². The summed E-state index contributed by atoms with van der Waals surface area (Å²) >= 11 is 0. The van der Waals surface area contributed by atoms with Gasteiger partial charge in [-0.05, 0) is 32.9 Å². The van der Waals surface area contributed by atoms with E-state index in [9.17, 15) is 14.0 Å². The number of aryl methyl sites for hydroxylation is 1. The number of ether oxygens (including phenoxy) is 1. The standard InChI is InChI=1S/C21H26FN9O4/c1-4-35-10-16(11(2)27-21(33)34)29-20-15(22)8-14(18(23)32)19(30-20)28-13-7-17(12(3)24-9-13)31-25-5-6-26-31/h5-9,11,16,27H,4,10H2,1-3H3,(H2,23,32)(H,33,34)(H2,28,29,30)/t11-,16+/m0/s1. The fourth-order valence-corrected chi connectivity index (χ4v) is 3.17. The van der Waals surface area contributed by atoms with E-state index in [-0.39, 0.29) is 23.8 Å². The monoisotopic (exact) mass is 487 g/mol. The van der Waals surface area contributed by atoms with E-state index >= 15 is 0 Å². The topological polar surface area (TPSA) is 182 Å². The van der Waals surface area contributed by atoms with Crippen molar-refractivity contribution in [1.82, 2.24) is 30.3 Å². The summed E-state index contributed by atoms with van der Waals surface area (Å²) in [5.74, 6) is -2.00. The van der Waals surface area contributed by atoms with Crippen molar-refractivity contribution in [1.29, 1.82) is 0 Å². The lowest BCUT2D eigenvalue weighted by molar-refractivity contribution is 0.1000. The molecule has 6 N–H and O–H groups in total. The molecule has 3 rings (SSSR count). The number of rotatable bonds is 11. The largest absolute Gasteiger partial charge is 0.465 e. The Bertz CT molecular complexity index is 1190. The minimum absolute atomic E-state index is 0.0274. The Morgan fingerprint density at radius 3 is 2.60 bits per heavy atom. The smallest absolute Gasteiger partial charge is 0.404 e. The Morgan fingerprint density at radius 2 is 1.97 bits per heavy atom. The Balaban J connectivity index is 1.95. The minimum Gasteiger partial charge on any atom is -0.465 e. The molecule has 0 unspecified atom stereocenters. The summed E-state index contributed by atoms with van der Waals surface area (Å²) in [6.07, 6.45) is 3.30. The second-order valence-electron chi connectivity index (χ2n) is 7.50. The van der Waals surface area contributed by atoms with Gasteiger partial charge in [-0.25, -0.2) is 14.2 Å². The summed E-state index contributed by atoms with van der Waals surface area (Å²) < 4.78 is 20.3. The lowest BCUT2D eigenvalue weighted by atomic mass is 10.1. The van der Waals surface area contributed by atoms with Gasteiger partial charge in [-0.2, -0.15) is 10.2 Å². The van der Waals surface area contributed by atoms with Gasteiger partial charge >= 0.3 is 6.09 Å². The van der Waals surface area contributed by atoms with Crippen LogP contribution >= 0.6 is 0 Å². The average molecular weight is 487 g/mol. The molecule has 0 bridgehead atoms. The minimum atomic E-state index is -1.24. The van der Waals surface area contributed by atoms with Gasteiger partial charge in [-0.1, -0.05) is 0 Å².